The molecule has 1 aromatic carbocycles. The highest BCUT2D eigenvalue weighted by atomic mass is 79.9. The molecule has 0 spiro atoms. The minimum atomic E-state index is 0.508. The van der Waals surface area contributed by atoms with Crippen molar-refractivity contribution in [3.63, 3.8) is 0 Å². The van der Waals surface area contributed by atoms with Crippen molar-refractivity contribution in [1.29, 1.82) is 0 Å². The van der Waals surface area contributed by atoms with Crippen LogP contribution in [0.2, 0.25) is 5.15 Å². The van der Waals surface area contributed by atoms with Crippen molar-refractivity contribution in [3.8, 4) is 0 Å². The monoisotopic (exact) mass is 270 g/mol. The second-order valence-electron chi connectivity index (χ2n) is 3.19. The van der Waals surface area contributed by atoms with E-state index in [2.05, 4.69) is 25.9 Å². The number of aryl methyl sites for hydroxylation is 2. The highest BCUT2D eigenvalue weighted by molar-refractivity contribution is 9.10. The fraction of sp³-hybridized carbons (Fsp3) is 0.200. The predicted molar refractivity (Wildman–Crippen MR) is 61.7 cm³/mol. The average Bonchev–Trinajstić information content (AvgIpc) is 2.14. The van der Waals surface area contributed by atoms with Gasteiger partial charge in [0, 0.05) is 9.86 Å². The number of benzene rings is 1. The van der Waals surface area contributed by atoms with Crippen LogP contribution in [0.3, 0.4) is 0 Å². The molecule has 0 radical (unpaired) electrons. The van der Waals surface area contributed by atoms with E-state index in [9.17, 15) is 0 Å². The van der Waals surface area contributed by atoms with Gasteiger partial charge in [0.05, 0.1) is 5.52 Å². The Morgan fingerprint density at radius 1 is 1.29 bits per heavy atom. The summed E-state index contributed by atoms with van der Waals surface area (Å²) in [4.78, 5) is 8.16. The van der Waals surface area contributed by atoms with E-state index in [1.807, 2.05) is 19.9 Å². The molecule has 0 unspecified atom stereocenters. The number of halogens is 2. The Morgan fingerprint density at radius 2 is 2.00 bits per heavy atom. The molecule has 14 heavy (non-hydrogen) atoms. The van der Waals surface area contributed by atoms with Gasteiger partial charge in [-0.3, -0.25) is 0 Å². The van der Waals surface area contributed by atoms with Crippen LogP contribution in [0.25, 0.3) is 10.9 Å². The van der Waals surface area contributed by atoms with E-state index in [4.69, 9.17) is 11.6 Å². The quantitative estimate of drug-likeness (QED) is 0.683. The normalized spacial score (nSPS) is 10.9. The highest BCUT2D eigenvalue weighted by Gasteiger charge is 2.09. The van der Waals surface area contributed by atoms with Crippen LogP contribution in [-0.2, 0) is 0 Å². The summed E-state index contributed by atoms with van der Waals surface area (Å²) in [5.41, 5.74) is 3.14. The summed E-state index contributed by atoms with van der Waals surface area (Å²) >= 11 is 9.53. The van der Waals surface area contributed by atoms with Gasteiger partial charge >= 0.3 is 0 Å². The molecule has 0 fully saturated rings. The largest absolute Gasteiger partial charge is 0.236 e. The minimum Gasteiger partial charge on any atom is -0.236 e. The summed E-state index contributed by atoms with van der Waals surface area (Å²) < 4.78 is 1.07. The third-order valence-electron chi connectivity index (χ3n) is 2.23. The summed E-state index contributed by atoms with van der Waals surface area (Å²) in [7, 11) is 0. The Kier molecular flexibility index (Phi) is 2.45. The summed E-state index contributed by atoms with van der Waals surface area (Å²) in [6, 6.07) is 2.00. The highest BCUT2D eigenvalue weighted by Crippen LogP contribution is 2.31. The second kappa shape index (κ2) is 3.48. The number of rotatable bonds is 0. The predicted octanol–water partition coefficient (Wildman–Crippen LogP) is 3.66. The molecule has 4 heteroatoms. The Balaban J connectivity index is 2.99. The Morgan fingerprint density at radius 3 is 2.71 bits per heavy atom. The van der Waals surface area contributed by atoms with E-state index in [-0.39, 0.29) is 0 Å². The van der Waals surface area contributed by atoms with Crippen molar-refractivity contribution in [3.05, 3.63) is 33.1 Å². The van der Waals surface area contributed by atoms with Gasteiger partial charge < -0.3 is 0 Å². The molecule has 0 bridgehead atoms. The molecule has 0 aliphatic heterocycles. The lowest BCUT2D eigenvalue weighted by Crippen LogP contribution is -1.90. The number of nitrogens with zero attached hydrogens (tertiary/aromatic N) is 2. The summed E-state index contributed by atoms with van der Waals surface area (Å²) in [6.45, 7) is 4.04. The third-order valence-corrected chi connectivity index (χ3v) is 3.74. The molecule has 2 aromatic rings. The zero-order valence-corrected chi connectivity index (χ0v) is 10.1. The SMILES string of the molecule is Cc1cc2ncnc(Cl)c2c(C)c1Br. The van der Waals surface area contributed by atoms with Crippen molar-refractivity contribution in [2.45, 2.75) is 13.8 Å². The standard InChI is InChI=1S/C10H8BrClN2/c1-5-3-7-8(6(2)9(5)11)10(12)14-4-13-7/h3-4H,1-2H3. The lowest BCUT2D eigenvalue weighted by molar-refractivity contribution is 1.21. The van der Waals surface area contributed by atoms with Crippen LogP contribution in [0.4, 0.5) is 0 Å². The first-order valence-corrected chi connectivity index (χ1v) is 5.34. The van der Waals surface area contributed by atoms with Crippen LogP contribution in [0, 0.1) is 13.8 Å². The summed E-state index contributed by atoms with van der Waals surface area (Å²) in [5, 5.41) is 1.43. The zero-order chi connectivity index (χ0) is 10.3. The van der Waals surface area contributed by atoms with Crippen molar-refractivity contribution < 1.29 is 0 Å². The molecule has 0 N–H and O–H groups in total. The molecule has 2 rings (SSSR count). The Hall–Kier alpha value is -0.670. The summed E-state index contributed by atoms with van der Waals surface area (Å²) in [6.07, 6.45) is 1.48. The minimum absolute atomic E-state index is 0.508. The number of hydrogen-bond donors (Lipinski definition) is 0. The van der Waals surface area contributed by atoms with Crippen molar-refractivity contribution in [2.24, 2.45) is 0 Å². The van der Waals surface area contributed by atoms with E-state index < -0.39 is 0 Å². The van der Waals surface area contributed by atoms with Gasteiger partial charge in [0.15, 0.2) is 0 Å². The van der Waals surface area contributed by atoms with Crippen LogP contribution < -0.4 is 0 Å². The van der Waals surface area contributed by atoms with E-state index in [1.54, 1.807) is 0 Å². The van der Waals surface area contributed by atoms with E-state index >= 15 is 0 Å². The van der Waals surface area contributed by atoms with Gasteiger partial charge in [0.2, 0.25) is 0 Å². The molecular formula is C10H8BrClN2. The molecule has 2 nitrogen and oxygen atoms in total. The van der Waals surface area contributed by atoms with E-state index in [1.165, 1.54) is 6.33 Å². The van der Waals surface area contributed by atoms with Gasteiger partial charge in [-0.1, -0.05) is 27.5 Å². The van der Waals surface area contributed by atoms with Gasteiger partial charge in [0.25, 0.3) is 0 Å². The van der Waals surface area contributed by atoms with Gasteiger partial charge in [-0.2, -0.15) is 0 Å². The molecule has 0 atom stereocenters. The number of aromatic nitrogens is 2. The molecule has 1 heterocycles. The molecular weight excluding hydrogens is 263 g/mol. The molecule has 1 aromatic heterocycles. The van der Waals surface area contributed by atoms with Gasteiger partial charge in [-0.25, -0.2) is 9.97 Å². The first kappa shape index (κ1) is 9.87. The van der Waals surface area contributed by atoms with Crippen molar-refractivity contribution in [1.82, 2.24) is 9.97 Å². The van der Waals surface area contributed by atoms with E-state index in [0.29, 0.717) is 5.15 Å². The number of hydrogen-bond acceptors (Lipinski definition) is 2. The molecule has 0 saturated carbocycles. The average molecular weight is 272 g/mol. The zero-order valence-electron chi connectivity index (χ0n) is 7.81. The van der Waals surface area contributed by atoms with Crippen LogP contribution >= 0.6 is 27.5 Å². The van der Waals surface area contributed by atoms with Gasteiger partial charge in [-0.05, 0) is 31.0 Å². The van der Waals surface area contributed by atoms with Crippen molar-refractivity contribution >= 4 is 38.4 Å². The molecule has 72 valence electrons. The first-order valence-electron chi connectivity index (χ1n) is 4.17. The fourth-order valence-corrected chi connectivity index (χ4v) is 2.10. The fourth-order valence-electron chi connectivity index (χ4n) is 1.51. The number of fused-ring (bicyclic) bond motifs is 1. The van der Waals surface area contributed by atoms with Gasteiger partial charge in [0.1, 0.15) is 11.5 Å². The van der Waals surface area contributed by atoms with Crippen LogP contribution in [-0.4, -0.2) is 9.97 Å². The topological polar surface area (TPSA) is 25.8 Å². The Labute approximate surface area is 95.5 Å². The van der Waals surface area contributed by atoms with Crippen LogP contribution in [0.1, 0.15) is 11.1 Å². The molecule has 0 amide bonds. The van der Waals surface area contributed by atoms with Gasteiger partial charge in [-0.15, -0.1) is 0 Å². The lowest BCUT2D eigenvalue weighted by Gasteiger charge is -2.07. The maximum atomic E-state index is 6.01. The van der Waals surface area contributed by atoms with Crippen molar-refractivity contribution in [2.75, 3.05) is 0 Å². The second-order valence-corrected chi connectivity index (χ2v) is 4.34. The van der Waals surface area contributed by atoms with Crippen LogP contribution in [0.5, 0.6) is 0 Å². The van der Waals surface area contributed by atoms with Crippen LogP contribution in [0.15, 0.2) is 16.9 Å². The molecule has 0 saturated heterocycles. The third kappa shape index (κ3) is 1.41. The smallest absolute Gasteiger partial charge is 0.140 e. The Bertz CT molecular complexity index is 511. The maximum absolute atomic E-state index is 6.01. The van der Waals surface area contributed by atoms with E-state index in [0.717, 1.165) is 26.5 Å². The first-order chi connectivity index (χ1) is 6.61. The summed E-state index contributed by atoms with van der Waals surface area (Å²) in [5.74, 6) is 0. The lowest BCUT2D eigenvalue weighted by atomic mass is 10.1. The maximum Gasteiger partial charge on any atom is 0.140 e. The molecule has 0 aliphatic rings. The molecule has 0 aliphatic carbocycles.